The number of carbonyl (C=O) groups excluding carboxylic acids is 1. The third-order valence-corrected chi connectivity index (χ3v) is 4.41. The van der Waals surface area contributed by atoms with Crippen LogP contribution in [-0.4, -0.2) is 37.3 Å². The van der Waals surface area contributed by atoms with Crippen LogP contribution in [-0.2, 0) is 16.0 Å². The number of carbonyl (C=O) groups is 1. The van der Waals surface area contributed by atoms with E-state index >= 15 is 0 Å². The Morgan fingerprint density at radius 1 is 1.41 bits per heavy atom. The first-order valence-corrected chi connectivity index (χ1v) is 7.67. The largest absolute Gasteiger partial charge is 0.497 e. The first kappa shape index (κ1) is 13.5. The van der Waals surface area contributed by atoms with Crippen molar-refractivity contribution in [1.82, 2.24) is 4.98 Å². The highest BCUT2D eigenvalue weighted by atomic mass is 16.5. The average molecular weight is 298 g/mol. The molecule has 22 heavy (non-hydrogen) atoms. The quantitative estimate of drug-likeness (QED) is 0.854. The van der Waals surface area contributed by atoms with E-state index in [0.717, 1.165) is 47.3 Å². The molecule has 5 nitrogen and oxygen atoms in total. The van der Waals surface area contributed by atoms with E-state index in [0.29, 0.717) is 13.2 Å². The highest BCUT2D eigenvalue weighted by Crippen LogP contribution is 2.32. The van der Waals surface area contributed by atoms with Gasteiger partial charge in [-0.25, -0.2) is 4.98 Å². The lowest BCUT2D eigenvalue weighted by Gasteiger charge is -2.20. The monoisotopic (exact) mass is 298 g/mol. The van der Waals surface area contributed by atoms with Gasteiger partial charge in [0, 0.05) is 18.5 Å². The molecule has 3 heterocycles. The Kier molecular flexibility index (Phi) is 3.22. The zero-order valence-corrected chi connectivity index (χ0v) is 12.5. The Balaban J connectivity index is 1.71. The van der Waals surface area contributed by atoms with Gasteiger partial charge in [0.1, 0.15) is 17.7 Å². The minimum Gasteiger partial charge on any atom is -0.497 e. The van der Waals surface area contributed by atoms with E-state index in [2.05, 4.69) is 6.07 Å². The number of aromatic nitrogens is 1. The fourth-order valence-electron chi connectivity index (χ4n) is 3.23. The van der Waals surface area contributed by atoms with Gasteiger partial charge in [0.2, 0.25) is 0 Å². The van der Waals surface area contributed by atoms with Crippen molar-refractivity contribution in [2.75, 3.05) is 25.2 Å². The third kappa shape index (κ3) is 2.13. The molecule has 2 aliphatic rings. The molecule has 1 unspecified atom stereocenters. The number of pyridine rings is 1. The molecule has 0 spiro atoms. The van der Waals surface area contributed by atoms with E-state index in [4.69, 9.17) is 14.5 Å². The highest BCUT2D eigenvalue weighted by Gasteiger charge is 2.33. The Labute approximate surface area is 128 Å². The fourth-order valence-corrected chi connectivity index (χ4v) is 3.23. The van der Waals surface area contributed by atoms with Crippen molar-refractivity contribution in [3.05, 3.63) is 29.8 Å². The van der Waals surface area contributed by atoms with Crippen LogP contribution >= 0.6 is 0 Å². The SMILES string of the molecule is COc1ccc2nc3c(cc2c1)CCN3C(=O)C1CCCO1. The topological polar surface area (TPSA) is 51.7 Å². The van der Waals surface area contributed by atoms with Gasteiger partial charge in [-0.3, -0.25) is 9.69 Å². The Hall–Kier alpha value is -2.14. The van der Waals surface area contributed by atoms with Crippen molar-refractivity contribution in [3.8, 4) is 5.75 Å². The molecular weight excluding hydrogens is 280 g/mol. The summed E-state index contributed by atoms with van der Waals surface area (Å²) in [5.74, 6) is 1.66. The van der Waals surface area contributed by atoms with E-state index in [9.17, 15) is 4.79 Å². The van der Waals surface area contributed by atoms with Gasteiger partial charge in [-0.05, 0) is 49.1 Å². The van der Waals surface area contributed by atoms with E-state index in [1.165, 1.54) is 0 Å². The van der Waals surface area contributed by atoms with Gasteiger partial charge in [0.25, 0.3) is 5.91 Å². The maximum atomic E-state index is 12.6. The summed E-state index contributed by atoms with van der Waals surface area (Å²) < 4.78 is 10.8. The second-order valence-electron chi connectivity index (χ2n) is 5.77. The number of ether oxygens (including phenoxy) is 2. The number of hydrogen-bond acceptors (Lipinski definition) is 4. The Morgan fingerprint density at radius 3 is 3.09 bits per heavy atom. The lowest BCUT2D eigenvalue weighted by Crippen LogP contribution is -2.38. The van der Waals surface area contributed by atoms with Gasteiger partial charge in [-0.2, -0.15) is 0 Å². The van der Waals surface area contributed by atoms with Crippen LogP contribution in [0.2, 0.25) is 0 Å². The summed E-state index contributed by atoms with van der Waals surface area (Å²) in [4.78, 5) is 19.1. The molecule has 2 aromatic rings. The molecule has 1 amide bonds. The molecule has 0 radical (unpaired) electrons. The molecule has 5 heteroatoms. The zero-order chi connectivity index (χ0) is 15.1. The van der Waals surface area contributed by atoms with E-state index in [1.54, 1.807) is 12.0 Å². The number of benzene rings is 1. The summed E-state index contributed by atoms with van der Waals surface area (Å²) in [5, 5.41) is 1.05. The predicted molar refractivity (Wildman–Crippen MR) is 83.3 cm³/mol. The molecule has 1 aromatic heterocycles. The maximum absolute atomic E-state index is 12.6. The van der Waals surface area contributed by atoms with E-state index < -0.39 is 0 Å². The highest BCUT2D eigenvalue weighted by molar-refractivity contribution is 5.99. The number of rotatable bonds is 2. The summed E-state index contributed by atoms with van der Waals surface area (Å²) in [6, 6.07) is 7.92. The first-order chi connectivity index (χ1) is 10.8. The zero-order valence-electron chi connectivity index (χ0n) is 12.5. The molecule has 1 atom stereocenters. The predicted octanol–water partition coefficient (Wildman–Crippen LogP) is 2.31. The summed E-state index contributed by atoms with van der Waals surface area (Å²) >= 11 is 0. The van der Waals surface area contributed by atoms with E-state index in [-0.39, 0.29) is 12.0 Å². The van der Waals surface area contributed by atoms with Crippen LogP contribution in [0.3, 0.4) is 0 Å². The molecule has 0 saturated carbocycles. The minimum atomic E-state index is -0.292. The molecule has 1 fully saturated rings. The second-order valence-corrected chi connectivity index (χ2v) is 5.77. The van der Waals surface area contributed by atoms with Crippen molar-refractivity contribution in [2.45, 2.75) is 25.4 Å². The Morgan fingerprint density at radius 2 is 2.32 bits per heavy atom. The second kappa shape index (κ2) is 5.25. The molecule has 4 rings (SSSR count). The van der Waals surface area contributed by atoms with Crippen LogP contribution in [0.1, 0.15) is 18.4 Å². The molecule has 114 valence electrons. The summed E-state index contributed by atoms with van der Waals surface area (Å²) in [6.07, 6.45) is 2.32. The van der Waals surface area contributed by atoms with Crippen molar-refractivity contribution in [3.63, 3.8) is 0 Å². The number of hydrogen-bond donors (Lipinski definition) is 0. The van der Waals surface area contributed by atoms with Crippen LogP contribution in [0.25, 0.3) is 10.9 Å². The van der Waals surface area contributed by atoms with Crippen molar-refractivity contribution in [1.29, 1.82) is 0 Å². The molecule has 1 aromatic carbocycles. The summed E-state index contributed by atoms with van der Waals surface area (Å²) in [7, 11) is 1.66. The van der Waals surface area contributed by atoms with Gasteiger partial charge >= 0.3 is 0 Å². The normalized spacial score (nSPS) is 20.4. The molecule has 0 N–H and O–H groups in total. The first-order valence-electron chi connectivity index (χ1n) is 7.67. The standard InChI is InChI=1S/C17H18N2O3/c1-21-13-4-5-14-12(10-13)9-11-6-7-19(16(11)18-14)17(20)15-3-2-8-22-15/h4-5,9-10,15H,2-3,6-8H2,1H3. The molecular formula is C17H18N2O3. The van der Waals surface area contributed by atoms with Gasteiger partial charge in [-0.15, -0.1) is 0 Å². The molecule has 2 aliphatic heterocycles. The van der Waals surface area contributed by atoms with Crippen molar-refractivity contribution >= 4 is 22.6 Å². The smallest absolute Gasteiger partial charge is 0.257 e. The van der Waals surface area contributed by atoms with Gasteiger partial charge in [0.15, 0.2) is 0 Å². The van der Waals surface area contributed by atoms with Crippen LogP contribution in [0.5, 0.6) is 5.75 Å². The Bertz CT molecular complexity index is 738. The number of methoxy groups -OCH3 is 1. The number of fused-ring (bicyclic) bond motifs is 2. The van der Waals surface area contributed by atoms with Gasteiger partial charge in [0.05, 0.1) is 12.6 Å². The maximum Gasteiger partial charge on any atom is 0.257 e. The molecule has 0 bridgehead atoms. The van der Waals surface area contributed by atoms with Crippen molar-refractivity contribution in [2.24, 2.45) is 0 Å². The van der Waals surface area contributed by atoms with Crippen molar-refractivity contribution < 1.29 is 14.3 Å². The van der Waals surface area contributed by atoms with Crippen LogP contribution in [0, 0.1) is 0 Å². The van der Waals surface area contributed by atoms with E-state index in [1.807, 2.05) is 18.2 Å². The molecule has 0 aliphatic carbocycles. The van der Waals surface area contributed by atoms with Gasteiger partial charge in [-0.1, -0.05) is 0 Å². The van der Waals surface area contributed by atoms with Gasteiger partial charge < -0.3 is 9.47 Å². The average Bonchev–Trinajstić information content (AvgIpc) is 3.21. The van der Waals surface area contributed by atoms with Crippen LogP contribution in [0.4, 0.5) is 5.82 Å². The van der Waals surface area contributed by atoms with Crippen LogP contribution in [0.15, 0.2) is 24.3 Å². The molecule has 1 saturated heterocycles. The van der Waals surface area contributed by atoms with Crippen LogP contribution < -0.4 is 9.64 Å². The summed E-state index contributed by atoms with van der Waals surface area (Å²) in [5.41, 5.74) is 2.00. The third-order valence-electron chi connectivity index (χ3n) is 4.41. The number of amides is 1. The fraction of sp³-hybridized carbons (Fsp3) is 0.412. The summed E-state index contributed by atoms with van der Waals surface area (Å²) in [6.45, 7) is 1.37. The minimum absolute atomic E-state index is 0.0524. The lowest BCUT2D eigenvalue weighted by atomic mass is 10.1. The lowest BCUT2D eigenvalue weighted by molar-refractivity contribution is -0.127. The number of nitrogens with zero attached hydrogens (tertiary/aromatic N) is 2. The number of anilines is 1.